The maximum atomic E-state index is 12.5. The Morgan fingerprint density at radius 1 is 1.25 bits per heavy atom. The number of carbonyl (C=O) groups is 1. The summed E-state index contributed by atoms with van der Waals surface area (Å²) in [7, 11) is 0. The molecule has 1 fully saturated rings. The summed E-state index contributed by atoms with van der Waals surface area (Å²) in [6, 6.07) is -0.858. The van der Waals surface area contributed by atoms with Gasteiger partial charge in [-0.25, -0.2) is 4.79 Å². The monoisotopic (exact) mass is 369 g/mol. The Bertz CT molecular complexity index is 426. The van der Waals surface area contributed by atoms with Gasteiger partial charge in [0.05, 0.1) is 18.4 Å². The van der Waals surface area contributed by atoms with Gasteiger partial charge in [-0.15, -0.1) is 16.5 Å². The number of aliphatic hydroxyl groups is 4. The molecule has 0 aromatic rings. The molecule has 2 amide bonds. The number of hydrogen-bond acceptors (Lipinski definition) is 8. The SMILES string of the molecule is CC(C)CN(C(=O)N(CCCl)N=O)C1O[C@H](CO)[C@@H](O)[C@H](O)[C@H]1O. The van der Waals surface area contributed by atoms with Gasteiger partial charge in [0.2, 0.25) is 0 Å². The molecule has 11 heteroatoms. The average Bonchev–Trinajstić information content (AvgIpc) is 2.55. The first-order chi connectivity index (χ1) is 11.3. The molecule has 24 heavy (non-hydrogen) atoms. The number of rotatable bonds is 7. The molecule has 1 aliphatic heterocycles. The van der Waals surface area contributed by atoms with E-state index < -0.39 is 43.3 Å². The van der Waals surface area contributed by atoms with Crippen molar-refractivity contribution in [3.63, 3.8) is 0 Å². The molecule has 10 nitrogen and oxygen atoms in total. The van der Waals surface area contributed by atoms with Gasteiger partial charge in [-0.1, -0.05) is 13.8 Å². The minimum Gasteiger partial charge on any atom is -0.394 e. The van der Waals surface area contributed by atoms with Crippen LogP contribution in [0.5, 0.6) is 0 Å². The van der Waals surface area contributed by atoms with E-state index in [-0.39, 0.29) is 24.9 Å². The number of halogens is 1. The number of aliphatic hydroxyl groups excluding tert-OH is 4. The maximum Gasteiger partial charge on any atom is 0.345 e. The van der Waals surface area contributed by atoms with Crippen molar-refractivity contribution in [1.82, 2.24) is 9.91 Å². The van der Waals surface area contributed by atoms with Gasteiger partial charge in [0.1, 0.15) is 24.4 Å². The van der Waals surface area contributed by atoms with Gasteiger partial charge in [-0.2, -0.15) is 5.01 Å². The van der Waals surface area contributed by atoms with Gasteiger partial charge in [0.15, 0.2) is 6.23 Å². The lowest BCUT2D eigenvalue weighted by Gasteiger charge is -2.45. The lowest BCUT2D eigenvalue weighted by atomic mass is 9.97. The second-order valence-corrected chi connectivity index (χ2v) is 6.32. The predicted molar refractivity (Wildman–Crippen MR) is 83.9 cm³/mol. The largest absolute Gasteiger partial charge is 0.394 e. The van der Waals surface area contributed by atoms with Gasteiger partial charge in [-0.05, 0) is 5.92 Å². The molecule has 1 aliphatic rings. The van der Waals surface area contributed by atoms with E-state index >= 15 is 0 Å². The molecule has 1 unspecified atom stereocenters. The summed E-state index contributed by atoms with van der Waals surface area (Å²) in [4.78, 5) is 24.4. The van der Waals surface area contributed by atoms with E-state index in [9.17, 15) is 30.1 Å². The van der Waals surface area contributed by atoms with Crippen LogP contribution in [0.1, 0.15) is 13.8 Å². The number of alkyl halides is 1. The Balaban J connectivity index is 3.09. The van der Waals surface area contributed by atoms with E-state index in [0.717, 1.165) is 4.90 Å². The number of amides is 2. The normalized spacial score (nSPS) is 30.2. The average molecular weight is 370 g/mol. The second-order valence-electron chi connectivity index (χ2n) is 5.94. The van der Waals surface area contributed by atoms with Crippen LogP contribution in [0.25, 0.3) is 0 Å². The molecule has 1 rings (SSSR count). The van der Waals surface area contributed by atoms with Crippen LogP contribution in [0, 0.1) is 10.8 Å². The van der Waals surface area contributed by atoms with Gasteiger partial charge in [0, 0.05) is 12.4 Å². The first-order valence-corrected chi connectivity index (χ1v) is 8.09. The van der Waals surface area contributed by atoms with Crippen LogP contribution in [0.4, 0.5) is 4.79 Å². The molecule has 0 spiro atoms. The Kier molecular flexibility index (Phi) is 8.27. The molecule has 0 aliphatic carbocycles. The van der Waals surface area contributed by atoms with Gasteiger partial charge >= 0.3 is 6.03 Å². The van der Waals surface area contributed by atoms with E-state index in [1.807, 2.05) is 0 Å². The number of ether oxygens (including phenoxy) is 1. The zero-order chi connectivity index (χ0) is 18.4. The fourth-order valence-electron chi connectivity index (χ4n) is 2.42. The van der Waals surface area contributed by atoms with Crippen LogP contribution in [0.2, 0.25) is 0 Å². The topological polar surface area (TPSA) is 143 Å². The minimum absolute atomic E-state index is 0.0261. The third kappa shape index (κ3) is 4.74. The molecule has 0 aromatic heterocycles. The van der Waals surface area contributed by atoms with Crippen molar-refractivity contribution < 1.29 is 30.0 Å². The zero-order valence-electron chi connectivity index (χ0n) is 13.5. The summed E-state index contributed by atoms with van der Waals surface area (Å²) in [6.07, 6.45) is -7.33. The fourth-order valence-corrected chi connectivity index (χ4v) is 2.58. The van der Waals surface area contributed by atoms with E-state index in [2.05, 4.69) is 5.29 Å². The minimum atomic E-state index is -1.63. The van der Waals surface area contributed by atoms with E-state index in [1.165, 1.54) is 0 Å². The highest BCUT2D eigenvalue weighted by molar-refractivity contribution is 6.18. The third-order valence-electron chi connectivity index (χ3n) is 3.60. The van der Waals surface area contributed by atoms with Gasteiger partial charge < -0.3 is 25.2 Å². The molecule has 140 valence electrons. The highest BCUT2D eigenvalue weighted by atomic mass is 35.5. The highest BCUT2D eigenvalue weighted by Gasteiger charge is 2.47. The van der Waals surface area contributed by atoms with Crippen LogP contribution in [0.3, 0.4) is 0 Å². The van der Waals surface area contributed by atoms with Crippen molar-refractivity contribution in [2.24, 2.45) is 11.2 Å². The van der Waals surface area contributed by atoms with Crippen LogP contribution in [-0.4, -0.2) is 92.6 Å². The molecule has 0 aromatic carbocycles. The fraction of sp³-hybridized carbons (Fsp3) is 0.923. The molecule has 0 bridgehead atoms. The summed E-state index contributed by atoms with van der Waals surface area (Å²) in [6.45, 7) is 2.91. The van der Waals surface area contributed by atoms with Crippen LogP contribution < -0.4 is 0 Å². The lowest BCUT2D eigenvalue weighted by molar-refractivity contribution is -0.259. The summed E-state index contributed by atoms with van der Waals surface area (Å²) in [5, 5.41) is 42.3. The predicted octanol–water partition coefficient (Wildman–Crippen LogP) is -0.913. The number of carbonyl (C=O) groups excluding carboxylic acids is 1. The Labute approximate surface area is 144 Å². The van der Waals surface area contributed by atoms with Crippen molar-refractivity contribution in [3.05, 3.63) is 4.91 Å². The number of hydrogen-bond donors (Lipinski definition) is 4. The number of urea groups is 1. The van der Waals surface area contributed by atoms with Gasteiger partial charge in [0.25, 0.3) is 0 Å². The first-order valence-electron chi connectivity index (χ1n) is 7.56. The maximum absolute atomic E-state index is 12.5. The van der Waals surface area contributed by atoms with Crippen LogP contribution in [-0.2, 0) is 4.74 Å². The summed E-state index contributed by atoms with van der Waals surface area (Å²) < 4.78 is 5.38. The van der Waals surface area contributed by atoms with E-state index in [1.54, 1.807) is 13.8 Å². The molecular formula is C13H24ClN3O7. The zero-order valence-corrected chi connectivity index (χ0v) is 14.3. The molecule has 1 saturated heterocycles. The molecule has 4 N–H and O–H groups in total. The third-order valence-corrected chi connectivity index (χ3v) is 3.77. The summed E-state index contributed by atoms with van der Waals surface area (Å²) in [5.74, 6) is -0.0902. The second kappa shape index (κ2) is 9.44. The highest BCUT2D eigenvalue weighted by Crippen LogP contribution is 2.25. The standard InChI is InChI=1S/C13H24ClN3O7/c1-7(2)5-16(13(22)17(15-23)4-3-14)12-11(21)10(20)9(19)8(6-18)24-12/h7-12,18-21H,3-6H2,1-2H3/t8-,9-,10+,11-,12?/m1/s1. The number of nitrogens with zero attached hydrogens (tertiary/aromatic N) is 3. The Morgan fingerprint density at radius 2 is 1.88 bits per heavy atom. The molecular weight excluding hydrogens is 346 g/mol. The quantitative estimate of drug-likeness (QED) is 0.258. The van der Waals surface area contributed by atoms with Crippen molar-refractivity contribution >= 4 is 17.6 Å². The first kappa shape index (κ1) is 21.0. The lowest BCUT2D eigenvalue weighted by Crippen LogP contribution is -2.65. The summed E-state index contributed by atoms with van der Waals surface area (Å²) >= 11 is 5.53. The van der Waals surface area contributed by atoms with Crippen molar-refractivity contribution in [2.75, 3.05) is 25.6 Å². The molecule has 0 saturated carbocycles. The van der Waals surface area contributed by atoms with Crippen LogP contribution >= 0.6 is 11.6 Å². The Morgan fingerprint density at radius 3 is 2.33 bits per heavy atom. The van der Waals surface area contributed by atoms with Crippen molar-refractivity contribution in [3.8, 4) is 0 Å². The number of nitroso groups, excluding NO2 is 1. The summed E-state index contributed by atoms with van der Waals surface area (Å²) in [5.41, 5.74) is 0. The smallest absolute Gasteiger partial charge is 0.345 e. The molecule has 0 radical (unpaired) electrons. The molecule has 5 atom stereocenters. The van der Waals surface area contributed by atoms with E-state index in [4.69, 9.17) is 16.3 Å². The molecule has 1 heterocycles. The van der Waals surface area contributed by atoms with Gasteiger partial charge in [-0.3, -0.25) is 4.90 Å². The van der Waals surface area contributed by atoms with Crippen LogP contribution in [0.15, 0.2) is 5.29 Å². The van der Waals surface area contributed by atoms with E-state index in [0.29, 0.717) is 5.01 Å². The van der Waals surface area contributed by atoms with Crippen molar-refractivity contribution in [2.45, 2.75) is 44.5 Å². The Hall–Kier alpha value is -1.04. The van der Waals surface area contributed by atoms with Crippen molar-refractivity contribution in [1.29, 1.82) is 0 Å².